The van der Waals surface area contributed by atoms with E-state index in [2.05, 4.69) is 5.32 Å². The van der Waals surface area contributed by atoms with E-state index in [1.165, 1.54) is 0 Å². The molecule has 5 amide bonds. The van der Waals surface area contributed by atoms with Crippen molar-refractivity contribution in [2.24, 2.45) is 0 Å². The van der Waals surface area contributed by atoms with Crippen molar-refractivity contribution in [2.75, 3.05) is 25.1 Å². The van der Waals surface area contributed by atoms with Gasteiger partial charge in [0.25, 0.3) is 0 Å². The van der Waals surface area contributed by atoms with Gasteiger partial charge in [-0.3, -0.25) is 19.3 Å². The summed E-state index contributed by atoms with van der Waals surface area (Å²) in [5.41, 5.74) is 0.447. The third kappa shape index (κ3) is 3.20. The second-order valence-corrected chi connectivity index (χ2v) is 6.69. The summed E-state index contributed by atoms with van der Waals surface area (Å²) in [6.45, 7) is 0.366. The van der Waals surface area contributed by atoms with E-state index in [0.717, 1.165) is 17.7 Å². The van der Waals surface area contributed by atoms with Crippen LogP contribution in [-0.2, 0) is 14.4 Å². The number of carbonyl (C=O) groups is 4. The summed E-state index contributed by atoms with van der Waals surface area (Å²) in [7, 11) is 0. The lowest BCUT2D eigenvalue weighted by molar-refractivity contribution is -0.144. The van der Waals surface area contributed by atoms with Crippen LogP contribution in [0.5, 0.6) is 11.5 Å². The molecule has 1 saturated carbocycles. The summed E-state index contributed by atoms with van der Waals surface area (Å²) in [5, 5.41) is 2.61. The number of nitrogens with zero attached hydrogens (tertiary/aromatic N) is 2. The summed E-state index contributed by atoms with van der Waals surface area (Å²) >= 11 is 0. The molecule has 0 aromatic heterocycles. The Kier molecular flexibility index (Phi) is 4.43. The van der Waals surface area contributed by atoms with Crippen LogP contribution < -0.4 is 14.8 Å². The third-order valence-corrected chi connectivity index (χ3v) is 4.90. The summed E-state index contributed by atoms with van der Waals surface area (Å²) < 4.78 is 10.9. The fourth-order valence-electron chi connectivity index (χ4n) is 3.61. The van der Waals surface area contributed by atoms with Gasteiger partial charge in [-0.1, -0.05) is 12.8 Å². The van der Waals surface area contributed by atoms with Crippen molar-refractivity contribution in [3.63, 3.8) is 0 Å². The molecule has 0 bridgehead atoms. The molecule has 1 aromatic carbocycles. The van der Waals surface area contributed by atoms with E-state index in [4.69, 9.17) is 9.47 Å². The van der Waals surface area contributed by atoms with Gasteiger partial charge in [0.2, 0.25) is 5.91 Å². The summed E-state index contributed by atoms with van der Waals surface area (Å²) in [5.74, 6) is -1.28. The smallest absolute Gasteiger partial charge is 0.334 e. The molecule has 142 valence electrons. The average Bonchev–Trinajstić information content (AvgIpc) is 3.25. The number of anilines is 1. The maximum absolute atomic E-state index is 12.5. The topological polar surface area (TPSA) is 105 Å². The predicted molar refractivity (Wildman–Crippen MR) is 92.3 cm³/mol. The number of fused-ring (bicyclic) bond motifs is 1. The minimum Gasteiger partial charge on any atom is -0.486 e. The van der Waals surface area contributed by atoms with Gasteiger partial charge in [0.05, 0.1) is 0 Å². The van der Waals surface area contributed by atoms with Crippen molar-refractivity contribution in [2.45, 2.75) is 31.7 Å². The summed E-state index contributed by atoms with van der Waals surface area (Å²) in [6, 6.07) is 3.95. The van der Waals surface area contributed by atoms with Gasteiger partial charge < -0.3 is 14.8 Å². The first-order chi connectivity index (χ1) is 13.0. The number of carbonyl (C=O) groups excluding carboxylic acids is 4. The van der Waals surface area contributed by atoms with Gasteiger partial charge in [-0.05, 0) is 25.0 Å². The second kappa shape index (κ2) is 6.90. The highest BCUT2D eigenvalue weighted by molar-refractivity contribution is 6.45. The molecule has 2 aliphatic heterocycles. The number of ether oxygens (including phenoxy) is 2. The Balaban J connectivity index is 1.42. The first-order valence-corrected chi connectivity index (χ1v) is 8.93. The van der Waals surface area contributed by atoms with E-state index in [1.807, 2.05) is 0 Å². The average molecular weight is 373 g/mol. The van der Waals surface area contributed by atoms with Crippen LogP contribution in [0.4, 0.5) is 10.5 Å². The zero-order chi connectivity index (χ0) is 19.0. The van der Waals surface area contributed by atoms with Crippen LogP contribution in [0.25, 0.3) is 0 Å². The Bertz CT molecular complexity index is 817. The molecule has 3 aliphatic rings. The van der Waals surface area contributed by atoms with Crippen molar-refractivity contribution >= 4 is 29.4 Å². The van der Waals surface area contributed by atoms with Crippen molar-refractivity contribution in [1.29, 1.82) is 0 Å². The molecule has 4 rings (SSSR count). The second-order valence-electron chi connectivity index (χ2n) is 6.69. The summed E-state index contributed by atoms with van der Waals surface area (Å²) in [4.78, 5) is 50.8. The molecule has 9 heteroatoms. The molecule has 9 nitrogen and oxygen atoms in total. The van der Waals surface area contributed by atoms with Crippen LogP contribution in [0.15, 0.2) is 18.2 Å². The number of rotatable bonds is 4. The minimum atomic E-state index is -0.954. The normalized spacial score (nSPS) is 19.8. The van der Waals surface area contributed by atoms with Crippen LogP contribution in [0.3, 0.4) is 0 Å². The zero-order valence-electron chi connectivity index (χ0n) is 14.6. The maximum atomic E-state index is 12.5. The van der Waals surface area contributed by atoms with Gasteiger partial charge >= 0.3 is 17.8 Å². The van der Waals surface area contributed by atoms with E-state index in [1.54, 1.807) is 18.2 Å². The lowest BCUT2D eigenvalue weighted by atomic mass is 10.2. The van der Waals surface area contributed by atoms with Gasteiger partial charge in [0, 0.05) is 17.8 Å². The van der Waals surface area contributed by atoms with Crippen LogP contribution in [0.1, 0.15) is 25.7 Å². The number of hydrogen-bond donors (Lipinski definition) is 1. The molecule has 1 N–H and O–H groups in total. The lowest BCUT2D eigenvalue weighted by Crippen LogP contribution is -2.41. The van der Waals surface area contributed by atoms with Crippen molar-refractivity contribution in [3.05, 3.63) is 18.2 Å². The highest BCUT2D eigenvalue weighted by Crippen LogP contribution is 2.32. The molecule has 1 aromatic rings. The largest absolute Gasteiger partial charge is 0.486 e. The molecule has 0 unspecified atom stereocenters. The SMILES string of the molecule is O=C(CN1C(=O)C(=O)N(C2CCCC2)C1=O)Nc1ccc2c(c1)OCCO2. The summed E-state index contributed by atoms with van der Waals surface area (Å²) in [6.07, 6.45) is 3.23. The number of hydrogen-bond acceptors (Lipinski definition) is 6. The minimum absolute atomic E-state index is 0.250. The molecule has 2 fully saturated rings. The highest BCUT2D eigenvalue weighted by Gasteiger charge is 2.48. The van der Waals surface area contributed by atoms with Gasteiger partial charge in [0.15, 0.2) is 11.5 Å². The number of imide groups is 2. The first kappa shape index (κ1) is 17.3. The molecule has 27 heavy (non-hydrogen) atoms. The number of urea groups is 1. The Morgan fingerprint density at radius 2 is 1.74 bits per heavy atom. The Morgan fingerprint density at radius 3 is 2.48 bits per heavy atom. The van der Waals surface area contributed by atoms with E-state index < -0.39 is 30.3 Å². The van der Waals surface area contributed by atoms with Crippen molar-refractivity contribution in [1.82, 2.24) is 9.80 Å². The molecule has 0 atom stereocenters. The molecule has 2 heterocycles. The Labute approximate surface area is 155 Å². The molecule has 1 aliphatic carbocycles. The number of nitrogens with one attached hydrogen (secondary N) is 1. The van der Waals surface area contributed by atoms with Gasteiger partial charge in [-0.25, -0.2) is 9.69 Å². The van der Waals surface area contributed by atoms with Crippen LogP contribution in [0.2, 0.25) is 0 Å². The van der Waals surface area contributed by atoms with Gasteiger partial charge in [-0.2, -0.15) is 0 Å². The molecular formula is C18H19N3O6. The highest BCUT2D eigenvalue weighted by atomic mass is 16.6. The van der Waals surface area contributed by atoms with Crippen LogP contribution in [0, 0.1) is 0 Å². The predicted octanol–water partition coefficient (Wildman–Crippen LogP) is 1.13. The fraction of sp³-hybridized carbons (Fsp3) is 0.444. The van der Waals surface area contributed by atoms with E-state index in [9.17, 15) is 19.2 Å². The Hall–Kier alpha value is -3.10. The van der Waals surface area contributed by atoms with Crippen molar-refractivity contribution < 1.29 is 28.7 Å². The van der Waals surface area contributed by atoms with Crippen LogP contribution >= 0.6 is 0 Å². The molecule has 0 spiro atoms. The zero-order valence-corrected chi connectivity index (χ0v) is 14.6. The standard InChI is InChI=1S/C18H19N3O6/c22-15(19-11-5-6-13-14(9-11)27-8-7-26-13)10-20-16(23)17(24)21(18(20)25)12-3-1-2-4-12/h5-6,9,12H,1-4,7-8,10H2,(H,19,22). The number of benzene rings is 1. The molecular weight excluding hydrogens is 354 g/mol. The van der Waals surface area contributed by atoms with E-state index >= 15 is 0 Å². The third-order valence-electron chi connectivity index (χ3n) is 4.90. The van der Waals surface area contributed by atoms with E-state index in [-0.39, 0.29) is 6.04 Å². The van der Waals surface area contributed by atoms with Gasteiger partial charge in [-0.15, -0.1) is 0 Å². The quantitative estimate of drug-likeness (QED) is 0.627. The monoisotopic (exact) mass is 373 g/mol. The lowest BCUT2D eigenvalue weighted by Gasteiger charge is -2.21. The van der Waals surface area contributed by atoms with Crippen molar-refractivity contribution in [3.8, 4) is 11.5 Å². The molecule has 0 radical (unpaired) electrons. The van der Waals surface area contributed by atoms with E-state index in [0.29, 0.717) is 48.1 Å². The Morgan fingerprint density at radius 1 is 1.04 bits per heavy atom. The van der Waals surface area contributed by atoms with Crippen LogP contribution in [-0.4, -0.2) is 59.4 Å². The number of amides is 5. The van der Waals surface area contributed by atoms with Gasteiger partial charge in [0.1, 0.15) is 19.8 Å². The first-order valence-electron chi connectivity index (χ1n) is 8.93. The maximum Gasteiger partial charge on any atom is 0.334 e. The fourth-order valence-corrected chi connectivity index (χ4v) is 3.61. The molecule has 1 saturated heterocycles.